The van der Waals surface area contributed by atoms with Crippen LogP contribution < -0.4 is 0 Å². The van der Waals surface area contributed by atoms with Gasteiger partial charge in [-0.25, -0.2) is 4.79 Å². The second-order valence-corrected chi connectivity index (χ2v) is 2.38. The lowest BCUT2D eigenvalue weighted by atomic mass is 10.1. The van der Waals surface area contributed by atoms with E-state index in [1.807, 2.05) is 0 Å². The molecule has 0 spiro atoms. The van der Waals surface area contributed by atoms with Gasteiger partial charge in [0, 0.05) is 11.5 Å². The van der Waals surface area contributed by atoms with Crippen LogP contribution in [0.15, 0.2) is 5.11 Å². The number of methoxy groups -OCH3 is 1. The molecule has 1 aliphatic heterocycles. The Morgan fingerprint density at radius 1 is 1.83 bits per heavy atom. The number of rotatable bonds is 2. The van der Waals surface area contributed by atoms with Crippen LogP contribution in [0.1, 0.15) is 6.42 Å². The molecule has 0 saturated carbocycles. The third kappa shape index (κ3) is 1.66. The predicted octanol–water partition coefficient (Wildman–Crippen LogP) is 0.627. The van der Waals surface area contributed by atoms with E-state index in [0.29, 0.717) is 13.0 Å². The Kier molecular flexibility index (Phi) is 2.90. The Morgan fingerprint density at radius 2 is 2.58 bits per heavy atom. The second-order valence-electron chi connectivity index (χ2n) is 2.38. The normalized spacial score (nSPS) is 27.8. The van der Waals surface area contributed by atoms with Gasteiger partial charge in [0.1, 0.15) is 0 Å². The molecule has 0 aliphatic carbocycles. The standard InChI is InChI=1S/C6H9N3O3/c1-11-6(10)5-4(8-9-7)2-3-12-5/h4-5H,2-3H2,1H3/t4-,5+/m0/s1. The van der Waals surface area contributed by atoms with Crippen molar-refractivity contribution in [2.45, 2.75) is 18.6 Å². The molecule has 0 aromatic rings. The summed E-state index contributed by atoms with van der Waals surface area (Å²) in [7, 11) is 1.27. The van der Waals surface area contributed by atoms with Gasteiger partial charge in [-0.3, -0.25) is 0 Å². The topological polar surface area (TPSA) is 84.3 Å². The quantitative estimate of drug-likeness (QED) is 0.264. The molecule has 0 aromatic carbocycles. The smallest absolute Gasteiger partial charge is 0.335 e. The van der Waals surface area contributed by atoms with E-state index in [1.54, 1.807) is 0 Å². The van der Waals surface area contributed by atoms with Crippen LogP contribution >= 0.6 is 0 Å². The zero-order chi connectivity index (χ0) is 8.97. The molecule has 0 radical (unpaired) electrons. The third-order valence-electron chi connectivity index (χ3n) is 1.69. The van der Waals surface area contributed by atoms with Gasteiger partial charge in [-0.05, 0) is 12.0 Å². The molecular weight excluding hydrogens is 162 g/mol. The molecule has 0 amide bonds. The molecule has 6 heteroatoms. The summed E-state index contributed by atoms with van der Waals surface area (Å²) < 4.78 is 9.49. The summed E-state index contributed by atoms with van der Waals surface area (Å²) in [5, 5.41) is 3.43. The number of ether oxygens (including phenoxy) is 2. The monoisotopic (exact) mass is 171 g/mol. The fourth-order valence-electron chi connectivity index (χ4n) is 1.10. The Bertz CT molecular complexity index is 224. The van der Waals surface area contributed by atoms with Crippen molar-refractivity contribution < 1.29 is 14.3 Å². The summed E-state index contributed by atoms with van der Waals surface area (Å²) in [5.41, 5.74) is 8.15. The zero-order valence-corrected chi connectivity index (χ0v) is 6.64. The van der Waals surface area contributed by atoms with Crippen LogP contribution in [0.4, 0.5) is 0 Å². The lowest BCUT2D eigenvalue weighted by Gasteiger charge is -2.10. The van der Waals surface area contributed by atoms with Gasteiger partial charge in [0.15, 0.2) is 6.10 Å². The molecule has 1 heterocycles. The van der Waals surface area contributed by atoms with Gasteiger partial charge in [0.05, 0.1) is 13.2 Å². The predicted molar refractivity (Wildman–Crippen MR) is 39.3 cm³/mol. The van der Waals surface area contributed by atoms with Crippen LogP contribution in [0.25, 0.3) is 10.4 Å². The molecule has 1 fully saturated rings. The van der Waals surface area contributed by atoms with E-state index in [1.165, 1.54) is 7.11 Å². The highest BCUT2D eigenvalue weighted by Gasteiger charge is 2.34. The molecule has 1 saturated heterocycles. The van der Waals surface area contributed by atoms with Gasteiger partial charge in [-0.1, -0.05) is 5.11 Å². The second kappa shape index (κ2) is 3.94. The minimum atomic E-state index is -0.717. The van der Waals surface area contributed by atoms with E-state index in [9.17, 15) is 4.79 Å². The van der Waals surface area contributed by atoms with Crippen LogP contribution in [0.3, 0.4) is 0 Å². The molecule has 0 N–H and O–H groups in total. The average Bonchev–Trinajstić information content (AvgIpc) is 2.52. The highest BCUT2D eigenvalue weighted by Crippen LogP contribution is 2.18. The number of hydrogen-bond acceptors (Lipinski definition) is 4. The zero-order valence-electron chi connectivity index (χ0n) is 6.64. The lowest BCUT2D eigenvalue weighted by molar-refractivity contribution is -0.151. The van der Waals surface area contributed by atoms with Gasteiger partial charge in [-0.2, -0.15) is 0 Å². The van der Waals surface area contributed by atoms with E-state index < -0.39 is 18.1 Å². The van der Waals surface area contributed by atoms with Crippen molar-refractivity contribution in [3.63, 3.8) is 0 Å². The van der Waals surface area contributed by atoms with Crippen molar-refractivity contribution in [1.82, 2.24) is 0 Å². The Balaban J connectivity index is 2.63. The first-order valence-electron chi connectivity index (χ1n) is 3.53. The largest absolute Gasteiger partial charge is 0.467 e. The van der Waals surface area contributed by atoms with Crippen molar-refractivity contribution in [2.24, 2.45) is 5.11 Å². The minimum Gasteiger partial charge on any atom is -0.467 e. The third-order valence-corrected chi connectivity index (χ3v) is 1.69. The maximum Gasteiger partial charge on any atom is 0.335 e. The number of esters is 1. The Hall–Kier alpha value is -1.26. The summed E-state index contributed by atoms with van der Waals surface area (Å²) in [6.45, 7) is 0.434. The van der Waals surface area contributed by atoms with E-state index in [4.69, 9.17) is 10.3 Å². The van der Waals surface area contributed by atoms with Crippen molar-refractivity contribution in [3.05, 3.63) is 10.4 Å². The van der Waals surface area contributed by atoms with Crippen LogP contribution in [0, 0.1) is 0 Å². The van der Waals surface area contributed by atoms with E-state index in [0.717, 1.165) is 0 Å². The van der Waals surface area contributed by atoms with Crippen molar-refractivity contribution >= 4 is 5.97 Å². The number of azide groups is 1. The van der Waals surface area contributed by atoms with Crippen LogP contribution in [-0.2, 0) is 14.3 Å². The van der Waals surface area contributed by atoms with Gasteiger partial charge < -0.3 is 9.47 Å². The maximum atomic E-state index is 11.0. The molecule has 6 nitrogen and oxygen atoms in total. The first-order chi connectivity index (χ1) is 5.79. The average molecular weight is 171 g/mol. The van der Waals surface area contributed by atoms with Crippen molar-refractivity contribution in [2.75, 3.05) is 13.7 Å². The van der Waals surface area contributed by atoms with Gasteiger partial charge in [0.25, 0.3) is 0 Å². The van der Waals surface area contributed by atoms with Crippen molar-refractivity contribution in [3.8, 4) is 0 Å². The summed E-state index contributed by atoms with van der Waals surface area (Å²) in [4.78, 5) is 13.6. The molecule has 12 heavy (non-hydrogen) atoms. The van der Waals surface area contributed by atoms with Gasteiger partial charge in [0.2, 0.25) is 0 Å². The first-order valence-corrected chi connectivity index (χ1v) is 3.53. The van der Waals surface area contributed by atoms with Crippen LogP contribution in [-0.4, -0.2) is 31.8 Å². The molecule has 1 rings (SSSR count). The fraction of sp³-hybridized carbons (Fsp3) is 0.833. The highest BCUT2D eigenvalue weighted by atomic mass is 16.6. The number of nitrogens with zero attached hydrogens (tertiary/aromatic N) is 3. The summed E-state index contributed by atoms with van der Waals surface area (Å²) in [5.74, 6) is -0.482. The SMILES string of the molecule is COC(=O)[C@@H]1OCC[C@@H]1N=[N+]=[N-]. The van der Waals surface area contributed by atoms with Gasteiger partial charge in [-0.15, -0.1) is 0 Å². The fourth-order valence-corrected chi connectivity index (χ4v) is 1.10. The van der Waals surface area contributed by atoms with Crippen LogP contribution in [0.5, 0.6) is 0 Å². The molecule has 0 aromatic heterocycles. The summed E-state index contributed by atoms with van der Waals surface area (Å²) in [6.07, 6.45) is -0.144. The number of carbonyl (C=O) groups is 1. The summed E-state index contributed by atoms with van der Waals surface area (Å²) in [6, 6.07) is -0.414. The first kappa shape index (κ1) is 8.83. The molecule has 66 valence electrons. The van der Waals surface area contributed by atoms with E-state index in [-0.39, 0.29) is 0 Å². The lowest BCUT2D eigenvalue weighted by Crippen LogP contribution is -2.30. The Labute approximate surface area is 69.1 Å². The molecule has 0 unspecified atom stereocenters. The van der Waals surface area contributed by atoms with E-state index in [2.05, 4.69) is 14.8 Å². The molecular formula is C6H9N3O3. The van der Waals surface area contributed by atoms with Crippen molar-refractivity contribution in [1.29, 1.82) is 0 Å². The Morgan fingerprint density at radius 3 is 3.17 bits per heavy atom. The summed E-state index contributed by atoms with van der Waals surface area (Å²) >= 11 is 0. The molecule has 2 atom stereocenters. The molecule has 0 bridgehead atoms. The minimum absolute atomic E-state index is 0.414. The maximum absolute atomic E-state index is 11.0. The highest BCUT2D eigenvalue weighted by molar-refractivity contribution is 5.75. The number of hydrogen-bond donors (Lipinski definition) is 0. The number of carbonyl (C=O) groups excluding carboxylic acids is 1. The van der Waals surface area contributed by atoms with Gasteiger partial charge >= 0.3 is 5.97 Å². The van der Waals surface area contributed by atoms with Crippen LogP contribution in [0.2, 0.25) is 0 Å². The molecule has 1 aliphatic rings. The van der Waals surface area contributed by atoms with E-state index >= 15 is 0 Å².